The van der Waals surface area contributed by atoms with E-state index in [1.54, 1.807) is 36.4 Å². The van der Waals surface area contributed by atoms with Crippen molar-refractivity contribution in [2.24, 2.45) is 0 Å². The third kappa shape index (κ3) is 7.41. The molecule has 2 heterocycles. The van der Waals surface area contributed by atoms with E-state index in [9.17, 15) is 19.5 Å². The van der Waals surface area contributed by atoms with Crippen molar-refractivity contribution in [1.82, 2.24) is 15.3 Å². The lowest BCUT2D eigenvalue weighted by Gasteiger charge is -2.29. The van der Waals surface area contributed by atoms with E-state index in [0.29, 0.717) is 22.3 Å². The number of carboxylic acids is 1. The summed E-state index contributed by atoms with van der Waals surface area (Å²) in [6.07, 6.45) is 6.26. The zero-order valence-electron chi connectivity index (χ0n) is 24.5. The van der Waals surface area contributed by atoms with Gasteiger partial charge in [-0.1, -0.05) is 35.9 Å². The number of nitrogens with one attached hydrogen (secondary N) is 2. The molecule has 232 valence electrons. The largest absolute Gasteiger partial charge is 0.490 e. The van der Waals surface area contributed by atoms with Gasteiger partial charge >= 0.3 is 5.97 Å². The zero-order chi connectivity index (χ0) is 32.0. The lowest BCUT2D eigenvalue weighted by molar-refractivity contribution is 0.0697. The van der Waals surface area contributed by atoms with Crippen molar-refractivity contribution >= 4 is 45.8 Å². The van der Waals surface area contributed by atoms with Crippen LogP contribution in [-0.2, 0) is 0 Å². The Labute approximate surface area is 269 Å². The van der Waals surface area contributed by atoms with Gasteiger partial charge in [-0.15, -0.1) is 0 Å². The average Bonchev–Trinajstić information content (AvgIpc) is 3.06. The first-order valence-electron chi connectivity index (χ1n) is 14.7. The summed E-state index contributed by atoms with van der Waals surface area (Å²) < 4.78 is 12.2. The Bertz CT molecular complexity index is 1910. The summed E-state index contributed by atoms with van der Waals surface area (Å²) in [5.74, 6) is -0.103. The van der Waals surface area contributed by atoms with E-state index >= 15 is 0 Å². The molecule has 3 N–H and O–H groups in total. The predicted molar refractivity (Wildman–Crippen MR) is 173 cm³/mol. The van der Waals surface area contributed by atoms with Gasteiger partial charge in [0.15, 0.2) is 0 Å². The smallest absolute Gasteiger partial charge is 0.337 e. The molecular formula is C35H29ClN4O6. The molecule has 0 saturated heterocycles. The minimum atomic E-state index is -1.13. The average molecular weight is 637 g/mol. The van der Waals surface area contributed by atoms with Crippen LogP contribution in [0, 0.1) is 0 Å². The van der Waals surface area contributed by atoms with Crippen molar-refractivity contribution in [2.45, 2.75) is 37.8 Å². The fourth-order valence-electron chi connectivity index (χ4n) is 5.34. The van der Waals surface area contributed by atoms with Crippen molar-refractivity contribution in [1.29, 1.82) is 0 Å². The Kier molecular flexibility index (Phi) is 9.07. The molecule has 10 nitrogen and oxygen atoms in total. The Balaban J connectivity index is 1.02. The van der Waals surface area contributed by atoms with E-state index in [2.05, 4.69) is 20.6 Å². The fourth-order valence-corrected chi connectivity index (χ4v) is 5.51. The Morgan fingerprint density at radius 2 is 1.52 bits per heavy atom. The maximum atomic E-state index is 12.7. The first-order chi connectivity index (χ1) is 22.3. The van der Waals surface area contributed by atoms with Gasteiger partial charge in [0.05, 0.1) is 22.9 Å². The number of fused-ring (bicyclic) bond motifs is 1. The monoisotopic (exact) mass is 636 g/mol. The molecule has 0 aliphatic heterocycles. The van der Waals surface area contributed by atoms with E-state index in [1.165, 1.54) is 24.5 Å². The van der Waals surface area contributed by atoms with Crippen molar-refractivity contribution in [2.75, 3.05) is 5.32 Å². The number of halogens is 1. The van der Waals surface area contributed by atoms with Crippen LogP contribution in [0.15, 0.2) is 97.3 Å². The van der Waals surface area contributed by atoms with Gasteiger partial charge in [0.25, 0.3) is 11.8 Å². The second-order valence-corrected chi connectivity index (χ2v) is 11.3. The van der Waals surface area contributed by atoms with Gasteiger partial charge in [-0.25, -0.2) is 14.8 Å². The van der Waals surface area contributed by atoms with E-state index < -0.39 is 11.9 Å². The summed E-state index contributed by atoms with van der Waals surface area (Å²) in [6.45, 7) is 0. The Morgan fingerprint density at radius 3 is 2.24 bits per heavy atom. The lowest BCUT2D eigenvalue weighted by Crippen LogP contribution is -2.39. The van der Waals surface area contributed by atoms with Crippen molar-refractivity contribution in [3.05, 3.63) is 119 Å². The van der Waals surface area contributed by atoms with Crippen LogP contribution in [0.3, 0.4) is 0 Å². The van der Waals surface area contributed by atoms with Crippen LogP contribution in [0.1, 0.15) is 56.8 Å². The maximum absolute atomic E-state index is 12.7. The number of benzene rings is 3. The number of carbonyl (C=O) groups is 3. The number of anilines is 1. The third-order valence-corrected chi connectivity index (χ3v) is 7.92. The number of nitrogens with zero attached hydrogens (tertiary/aromatic N) is 2. The Hall–Kier alpha value is -5.48. The molecular weight excluding hydrogens is 608 g/mol. The van der Waals surface area contributed by atoms with Gasteiger partial charge in [-0.05, 0) is 91.1 Å². The molecule has 11 heteroatoms. The number of ether oxygens (including phenoxy) is 2. The standard InChI is InChI=1S/C35H29ClN4O6/c36-31-19-23(15-16-37-31)33(41)39-25-8-12-26(13-9-25)45-27-10-5-22-18-28(11-6-21(22)17-27)46-32-14-7-24(20-38-32)34(42)40-30-4-2-1-3-29(30)35(43)44/h1-7,10-11,14-20,25-26H,8-9,12-13H2,(H,39,41)(H,40,42)(H,43,44). The molecule has 0 unspecified atom stereocenters. The normalized spacial score (nSPS) is 15.9. The molecule has 3 aromatic carbocycles. The first kappa shape index (κ1) is 30.5. The number of aromatic nitrogens is 2. The van der Waals surface area contributed by atoms with E-state index in [-0.39, 0.29) is 34.9 Å². The van der Waals surface area contributed by atoms with Crippen LogP contribution < -0.4 is 20.1 Å². The Morgan fingerprint density at radius 1 is 0.783 bits per heavy atom. The van der Waals surface area contributed by atoms with Crippen LogP contribution in [0.2, 0.25) is 5.15 Å². The third-order valence-electron chi connectivity index (χ3n) is 7.71. The van der Waals surface area contributed by atoms with Gasteiger partial charge in [0.2, 0.25) is 5.88 Å². The number of pyridine rings is 2. The highest BCUT2D eigenvalue weighted by atomic mass is 35.5. The van der Waals surface area contributed by atoms with Crippen LogP contribution in [0.25, 0.3) is 10.8 Å². The highest BCUT2D eigenvalue weighted by molar-refractivity contribution is 6.29. The summed E-state index contributed by atoms with van der Waals surface area (Å²) in [4.78, 5) is 44.8. The number of hydrogen-bond acceptors (Lipinski definition) is 7. The van der Waals surface area contributed by atoms with Crippen LogP contribution in [0.5, 0.6) is 17.4 Å². The van der Waals surface area contributed by atoms with E-state index in [4.69, 9.17) is 21.1 Å². The molecule has 2 amide bonds. The zero-order valence-corrected chi connectivity index (χ0v) is 25.2. The molecule has 1 aliphatic rings. The molecule has 6 rings (SSSR count). The summed E-state index contributed by atoms with van der Waals surface area (Å²) in [7, 11) is 0. The molecule has 0 atom stereocenters. The molecule has 1 aliphatic carbocycles. The van der Waals surface area contributed by atoms with Crippen LogP contribution in [-0.4, -0.2) is 45.0 Å². The number of rotatable bonds is 9. The van der Waals surface area contributed by atoms with E-state index in [0.717, 1.165) is 42.2 Å². The molecule has 0 radical (unpaired) electrons. The quantitative estimate of drug-likeness (QED) is 0.145. The number of hydrogen-bond donors (Lipinski definition) is 3. The minimum Gasteiger partial charge on any atom is -0.490 e. The SMILES string of the molecule is O=C(Nc1ccccc1C(=O)O)c1ccc(Oc2ccc3cc(OC4CCC(NC(=O)c5ccnc(Cl)c5)CC4)ccc3c2)nc1. The number of carbonyl (C=O) groups excluding carboxylic acids is 2. The maximum Gasteiger partial charge on any atom is 0.337 e. The van der Waals surface area contributed by atoms with E-state index in [1.807, 2.05) is 36.4 Å². The first-order valence-corrected chi connectivity index (χ1v) is 15.1. The number of para-hydroxylation sites is 1. The van der Waals surface area contributed by atoms with Crippen molar-refractivity contribution in [3.63, 3.8) is 0 Å². The summed E-state index contributed by atoms with van der Waals surface area (Å²) in [5, 5.41) is 17.3. The number of aromatic carboxylic acids is 1. The van der Waals surface area contributed by atoms with Gasteiger partial charge < -0.3 is 25.2 Å². The highest BCUT2D eigenvalue weighted by Crippen LogP contribution is 2.30. The molecule has 0 bridgehead atoms. The molecule has 2 aromatic heterocycles. The van der Waals surface area contributed by atoms with Crippen LogP contribution >= 0.6 is 11.6 Å². The molecule has 1 fully saturated rings. The molecule has 0 spiro atoms. The van der Waals surface area contributed by atoms with Gasteiger partial charge in [-0.3, -0.25) is 9.59 Å². The summed E-state index contributed by atoms with van der Waals surface area (Å²) >= 11 is 5.91. The predicted octanol–water partition coefficient (Wildman–Crippen LogP) is 7.15. The van der Waals surface area contributed by atoms with Crippen LogP contribution in [0.4, 0.5) is 5.69 Å². The fraction of sp³-hybridized carbons (Fsp3) is 0.171. The number of carboxylic acid groups (broad SMARTS) is 1. The lowest BCUT2D eigenvalue weighted by atomic mass is 9.92. The highest BCUT2D eigenvalue weighted by Gasteiger charge is 2.24. The van der Waals surface area contributed by atoms with Gasteiger partial charge in [0.1, 0.15) is 16.7 Å². The van der Waals surface area contributed by atoms with Crippen molar-refractivity contribution in [3.8, 4) is 17.4 Å². The molecule has 1 saturated carbocycles. The summed E-state index contributed by atoms with van der Waals surface area (Å²) in [6, 6.07) is 24.2. The van der Waals surface area contributed by atoms with Gasteiger partial charge in [0, 0.05) is 30.1 Å². The molecule has 5 aromatic rings. The second kappa shape index (κ2) is 13.7. The molecule has 46 heavy (non-hydrogen) atoms. The second-order valence-electron chi connectivity index (χ2n) is 10.9. The topological polar surface area (TPSA) is 140 Å². The number of amides is 2. The van der Waals surface area contributed by atoms with Crippen molar-refractivity contribution < 1.29 is 29.0 Å². The minimum absolute atomic E-state index is 0.00241. The summed E-state index contributed by atoms with van der Waals surface area (Å²) in [5.41, 5.74) is 0.955. The van der Waals surface area contributed by atoms with Gasteiger partial charge in [-0.2, -0.15) is 0 Å².